The van der Waals surface area contributed by atoms with E-state index in [1.807, 2.05) is 0 Å². The number of carboxylic acid groups (broad SMARTS) is 4. The molecule has 0 aliphatic carbocycles. The Morgan fingerprint density at radius 3 is 1.35 bits per heavy atom. The van der Waals surface area contributed by atoms with Crippen molar-refractivity contribution in [3.63, 3.8) is 0 Å². The number of unbranched alkanes of at least 4 members (excludes halogenated alkanes) is 5. The van der Waals surface area contributed by atoms with Crippen LogP contribution in [-0.2, 0) is 61.9 Å². The maximum Gasteiger partial charge on any atom is 0.300 e. The zero-order chi connectivity index (χ0) is 60.0. The average Bonchev–Trinajstić information content (AvgIpc) is 3.36. The predicted molar refractivity (Wildman–Crippen MR) is 292 cm³/mol. The third kappa shape index (κ3) is 48.4. The van der Waals surface area contributed by atoms with Crippen LogP contribution in [0.3, 0.4) is 0 Å². The molecule has 0 aromatic rings. The van der Waals surface area contributed by atoms with Gasteiger partial charge in [0.25, 0.3) is 29.8 Å². The monoisotopic (exact) mass is 1160 g/mol. The van der Waals surface area contributed by atoms with Gasteiger partial charge in [-0.25, -0.2) is 0 Å². The Kier molecular flexibility index (Phi) is 57.6. The number of aliphatic hydroxyl groups is 4. The van der Waals surface area contributed by atoms with E-state index in [9.17, 15) is 30.0 Å². The molecule has 78 heavy (non-hydrogen) atoms. The molecule has 1 unspecified atom stereocenters. The first-order chi connectivity index (χ1) is 37.0. The summed E-state index contributed by atoms with van der Waals surface area (Å²) in [6, 6.07) is 0. The normalized spacial score (nSPS) is 18.7. The third-order valence-electron chi connectivity index (χ3n) is 10.0. The lowest BCUT2D eigenvalue weighted by Gasteiger charge is -2.56. The summed E-state index contributed by atoms with van der Waals surface area (Å²) in [7, 11) is 0. The van der Waals surface area contributed by atoms with Gasteiger partial charge in [0, 0.05) is 40.7 Å². The number of carboxylic acids is 4. The van der Waals surface area contributed by atoms with Crippen molar-refractivity contribution in [3.8, 4) is 0 Å². The zero-order valence-electron chi connectivity index (χ0n) is 47.2. The molecular weight excluding hydrogens is 1050 g/mol. The lowest BCUT2D eigenvalue weighted by Crippen LogP contribution is -2.81. The van der Waals surface area contributed by atoms with Crippen LogP contribution >= 0.6 is 12.6 Å². The van der Waals surface area contributed by atoms with Crippen LogP contribution in [0.4, 0.5) is 0 Å². The smallest absolute Gasteiger partial charge is 0.300 e. The zero-order valence-corrected chi connectivity index (χ0v) is 48.1. The Balaban J connectivity index is -0.00000149. The first-order valence-corrected chi connectivity index (χ1v) is 27.0. The highest BCUT2D eigenvalue weighted by molar-refractivity contribution is 7.81. The number of nitrogens with two attached hydrogens (primary N) is 2. The molecule has 29 heteroatoms. The predicted octanol–water partition coefficient (Wildman–Crippen LogP) is -0.877. The SMILES string of the molecule is CC(=O)O.CC(=O)O.CC(=O)O.CC(=O)O.CCCCCOCCOCCOCCOCCOCCOC(C(N)=O)N(C(=O)CC)[C@]1(O)[C@H](O)[C@@H](CO)O[C@@](S)(NCCCCCNCCCNCCCCNCCCN)[C@H]1O. The van der Waals surface area contributed by atoms with Crippen LogP contribution in [0, 0.1) is 0 Å². The molecule has 0 aromatic heterocycles. The number of carbonyl (C=O) groups is 6. The van der Waals surface area contributed by atoms with Gasteiger partial charge in [-0.05, 0) is 97.3 Å². The minimum atomic E-state index is -2.95. The summed E-state index contributed by atoms with van der Waals surface area (Å²) in [6.07, 6.45) is 1.96. The molecule has 0 radical (unpaired) electrons. The number of hydrogen-bond donors (Lipinski definition) is 15. The van der Waals surface area contributed by atoms with Crippen molar-refractivity contribution in [1.82, 2.24) is 26.2 Å². The van der Waals surface area contributed by atoms with E-state index in [1.54, 1.807) is 0 Å². The van der Waals surface area contributed by atoms with E-state index in [2.05, 4.69) is 40.8 Å². The Morgan fingerprint density at radius 2 is 0.962 bits per heavy atom. The fraction of sp³-hybridized carbons (Fsp3) is 0.878. The van der Waals surface area contributed by atoms with Crippen molar-refractivity contribution in [1.29, 1.82) is 0 Å². The van der Waals surface area contributed by atoms with Crippen LogP contribution < -0.4 is 32.7 Å². The van der Waals surface area contributed by atoms with Gasteiger partial charge in [0.2, 0.25) is 17.9 Å². The number of aliphatic carboxylic acids is 4. The van der Waals surface area contributed by atoms with Gasteiger partial charge in [-0.15, -0.1) is 12.6 Å². The maximum atomic E-state index is 13.4. The second-order valence-electron chi connectivity index (χ2n) is 17.2. The van der Waals surface area contributed by atoms with Crippen molar-refractivity contribution >= 4 is 48.3 Å². The summed E-state index contributed by atoms with van der Waals surface area (Å²) < 4.78 is 38.9. The molecule has 1 rings (SSSR count). The number of amides is 2. The molecule has 1 heterocycles. The van der Waals surface area contributed by atoms with E-state index in [1.165, 1.54) is 6.92 Å². The minimum absolute atomic E-state index is 0.0524. The summed E-state index contributed by atoms with van der Waals surface area (Å²) in [5.74, 6) is -5.40. The number of nitrogens with zero attached hydrogens (tertiary/aromatic N) is 1. The van der Waals surface area contributed by atoms with E-state index in [0.717, 1.165) is 131 Å². The average molecular weight is 1160 g/mol. The van der Waals surface area contributed by atoms with Gasteiger partial charge in [0.05, 0.1) is 72.7 Å². The van der Waals surface area contributed by atoms with Crippen LogP contribution in [0.1, 0.15) is 112 Å². The molecule has 1 aliphatic rings. The molecule has 464 valence electrons. The molecule has 2 amide bonds. The van der Waals surface area contributed by atoms with Gasteiger partial charge in [0.1, 0.15) is 12.2 Å². The molecule has 1 aliphatic heterocycles. The van der Waals surface area contributed by atoms with E-state index < -0.39 is 77.6 Å². The van der Waals surface area contributed by atoms with Gasteiger partial charge < -0.3 is 101 Å². The summed E-state index contributed by atoms with van der Waals surface area (Å²) in [5.41, 5.74) is 8.22. The Hall–Kier alpha value is -3.47. The highest BCUT2D eigenvalue weighted by Crippen LogP contribution is 2.41. The minimum Gasteiger partial charge on any atom is -0.481 e. The van der Waals surface area contributed by atoms with Crippen LogP contribution in [0.25, 0.3) is 0 Å². The third-order valence-corrected chi connectivity index (χ3v) is 10.5. The molecule has 0 saturated carbocycles. The van der Waals surface area contributed by atoms with Crippen molar-refractivity contribution in [3.05, 3.63) is 0 Å². The number of thiol groups is 1. The van der Waals surface area contributed by atoms with Crippen LogP contribution in [0.15, 0.2) is 0 Å². The van der Waals surface area contributed by atoms with Crippen molar-refractivity contribution < 1.29 is 103 Å². The van der Waals surface area contributed by atoms with Crippen molar-refractivity contribution in [2.24, 2.45) is 11.5 Å². The van der Waals surface area contributed by atoms with Crippen molar-refractivity contribution in [2.75, 3.05) is 132 Å². The van der Waals surface area contributed by atoms with Crippen LogP contribution in [0.5, 0.6) is 0 Å². The number of primary amides is 1. The van der Waals surface area contributed by atoms with Gasteiger partial charge >= 0.3 is 0 Å². The fourth-order valence-electron chi connectivity index (χ4n) is 6.52. The number of aliphatic hydroxyl groups excluding tert-OH is 3. The topological polar surface area (TPSA) is 432 Å². The molecule has 0 spiro atoms. The largest absolute Gasteiger partial charge is 0.481 e. The Morgan fingerprint density at radius 1 is 0.590 bits per heavy atom. The Bertz CT molecular complexity index is 1430. The lowest BCUT2D eigenvalue weighted by atomic mass is 9.88. The molecule has 1 saturated heterocycles. The first-order valence-electron chi connectivity index (χ1n) is 26.5. The molecule has 16 N–H and O–H groups in total. The highest BCUT2D eigenvalue weighted by atomic mass is 32.1. The second kappa shape index (κ2) is 55.4. The summed E-state index contributed by atoms with van der Waals surface area (Å²) in [5, 5.41) is 85.9. The number of carbonyl (C=O) groups excluding carboxylic acids is 2. The molecule has 6 atom stereocenters. The van der Waals surface area contributed by atoms with Gasteiger partial charge in [-0.3, -0.25) is 39.0 Å². The first kappa shape index (κ1) is 81.0. The summed E-state index contributed by atoms with van der Waals surface area (Å²) in [6.45, 7) is 17.3. The second-order valence-corrected chi connectivity index (χ2v) is 17.9. The number of ether oxygens (including phenoxy) is 7. The number of rotatable bonds is 44. The highest BCUT2D eigenvalue weighted by Gasteiger charge is 2.66. The lowest BCUT2D eigenvalue weighted by molar-refractivity contribution is -0.343. The summed E-state index contributed by atoms with van der Waals surface area (Å²) >= 11 is 4.50. The standard InChI is InChI=1S/C41H85N7O13S.4C2H4O2/c1-3-5-11-22-55-23-24-56-25-26-57-27-28-58-29-30-59-31-32-60-38(37(43)52)48(35(50)4-2)40(54)36(51)34(33-49)61-41(62,39(40)53)47-21-8-6-7-15-45-19-13-20-46-17-10-9-16-44-18-12-14-42;4*1-2(3)4/h34,36,38-39,44-47,49,51,53-54,62H,3-33,42H2,1-2H3,(H2,43,52);4*1H3,(H,3,4)/t34-,36-,38?,39+,40+,41+;;;;/m1..../s1. The molecule has 0 bridgehead atoms. The molecule has 0 aromatic carbocycles. The van der Waals surface area contributed by atoms with Crippen molar-refractivity contribution in [2.45, 2.75) is 147 Å². The van der Waals surface area contributed by atoms with E-state index in [-0.39, 0.29) is 39.4 Å². The molecule has 28 nitrogen and oxygen atoms in total. The maximum absolute atomic E-state index is 13.4. The summed E-state index contributed by atoms with van der Waals surface area (Å²) in [4.78, 5) is 62.7. The van der Waals surface area contributed by atoms with E-state index >= 15 is 0 Å². The number of hydrogen-bond acceptors (Lipinski definition) is 23. The van der Waals surface area contributed by atoms with Crippen LogP contribution in [-0.4, -0.2) is 248 Å². The van der Waals surface area contributed by atoms with E-state index in [4.69, 9.17) is 84.2 Å². The molecule has 1 fully saturated rings. The van der Waals surface area contributed by atoms with Gasteiger partial charge in [0.15, 0.2) is 11.2 Å². The van der Waals surface area contributed by atoms with Crippen LogP contribution in [0.2, 0.25) is 0 Å². The quantitative estimate of drug-likeness (QED) is 0.0200. The fourth-order valence-corrected chi connectivity index (χ4v) is 6.96. The van der Waals surface area contributed by atoms with Gasteiger partial charge in [-0.1, -0.05) is 33.1 Å². The van der Waals surface area contributed by atoms with E-state index in [0.29, 0.717) is 57.5 Å². The Labute approximate surface area is 466 Å². The number of nitrogens with one attached hydrogen (secondary N) is 4. The van der Waals surface area contributed by atoms with Gasteiger partial charge in [-0.2, -0.15) is 0 Å². The molecular formula is C49H101N7O21S.